The summed E-state index contributed by atoms with van der Waals surface area (Å²) in [6.45, 7) is 3.76. The van der Waals surface area contributed by atoms with Crippen LogP contribution in [0, 0.1) is 13.8 Å². The predicted octanol–water partition coefficient (Wildman–Crippen LogP) is 4.24. The molecule has 0 bridgehead atoms. The van der Waals surface area contributed by atoms with Gasteiger partial charge in [0, 0.05) is 0 Å². The Kier molecular flexibility index (Phi) is 4.46. The average molecular weight is 353 g/mol. The van der Waals surface area contributed by atoms with Gasteiger partial charge in [-0.2, -0.15) is 0 Å². The third-order valence-electron chi connectivity index (χ3n) is 3.85. The van der Waals surface area contributed by atoms with Gasteiger partial charge in [0.25, 0.3) is 11.1 Å². The summed E-state index contributed by atoms with van der Waals surface area (Å²) >= 11 is 0.879. The Morgan fingerprint density at radius 1 is 1.08 bits per heavy atom. The summed E-state index contributed by atoms with van der Waals surface area (Å²) in [5.41, 5.74) is 3.23. The molecule has 0 atom stereocenters. The first-order valence-electron chi connectivity index (χ1n) is 7.55. The first kappa shape index (κ1) is 17.0. The maximum Gasteiger partial charge on any atom is 0.335 e. The summed E-state index contributed by atoms with van der Waals surface area (Å²) in [6.07, 6.45) is 1.60. The number of carbonyl (C=O) groups is 3. The lowest BCUT2D eigenvalue weighted by Crippen LogP contribution is -2.28. The number of carboxylic acids is 1. The van der Waals surface area contributed by atoms with Crippen molar-refractivity contribution in [3.8, 4) is 0 Å². The fourth-order valence-electron chi connectivity index (χ4n) is 2.51. The van der Waals surface area contributed by atoms with Crippen LogP contribution in [0.25, 0.3) is 6.08 Å². The molecule has 126 valence electrons. The number of aromatic carboxylic acids is 1. The van der Waals surface area contributed by atoms with E-state index in [-0.39, 0.29) is 16.7 Å². The molecule has 3 rings (SSSR count). The van der Waals surface area contributed by atoms with Gasteiger partial charge >= 0.3 is 5.97 Å². The number of rotatable bonds is 3. The van der Waals surface area contributed by atoms with E-state index < -0.39 is 5.97 Å². The van der Waals surface area contributed by atoms with Gasteiger partial charge in [-0.15, -0.1) is 0 Å². The van der Waals surface area contributed by atoms with Crippen LogP contribution in [0.1, 0.15) is 27.0 Å². The number of aryl methyl sites for hydroxylation is 2. The Hall–Kier alpha value is -2.86. The second-order valence-corrected chi connectivity index (χ2v) is 6.73. The fourth-order valence-corrected chi connectivity index (χ4v) is 3.34. The number of imide groups is 1. The standard InChI is InChI=1S/C19H15NO4S/c1-11-3-4-12(2)15(9-11)20-17(21)16(25-19(20)24)10-13-5-7-14(8-6-13)18(22)23/h3-10H,1-2H3,(H,22,23)/b16-10-. The molecule has 0 aromatic heterocycles. The van der Waals surface area contributed by atoms with Crippen molar-refractivity contribution in [1.29, 1.82) is 0 Å². The molecule has 6 heteroatoms. The molecular formula is C19H15NO4S. The minimum atomic E-state index is -1.01. The first-order chi connectivity index (χ1) is 11.9. The van der Waals surface area contributed by atoms with Gasteiger partial charge in [0.15, 0.2) is 0 Å². The van der Waals surface area contributed by atoms with Crippen LogP contribution in [0.15, 0.2) is 47.4 Å². The van der Waals surface area contributed by atoms with Crippen LogP contribution in [0.3, 0.4) is 0 Å². The van der Waals surface area contributed by atoms with Crippen molar-refractivity contribution in [1.82, 2.24) is 0 Å². The maximum absolute atomic E-state index is 12.7. The van der Waals surface area contributed by atoms with Gasteiger partial charge in [0.1, 0.15) is 0 Å². The van der Waals surface area contributed by atoms with E-state index in [1.807, 2.05) is 32.0 Å². The largest absolute Gasteiger partial charge is 0.478 e. The molecule has 0 unspecified atom stereocenters. The van der Waals surface area contributed by atoms with Crippen LogP contribution < -0.4 is 4.90 Å². The second-order valence-electron chi connectivity index (χ2n) is 5.73. The molecule has 1 heterocycles. The van der Waals surface area contributed by atoms with Crippen molar-refractivity contribution >= 4 is 40.6 Å². The van der Waals surface area contributed by atoms with Gasteiger partial charge in [0.2, 0.25) is 0 Å². The molecule has 1 fully saturated rings. The van der Waals surface area contributed by atoms with Crippen molar-refractivity contribution < 1.29 is 19.5 Å². The molecule has 25 heavy (non-hydrogen) atoms. The summed E-state index contributed by atoms with van der Waals surface area (Å²) in [6, 6.07) is 11.8. The zero-order chi connectivity index (χ0) is 18.1. The molecule has 1 aliphatic rings. The maximum atomic E-state index is 12.7. The van der Waals surface area contributed by atoms with Crippen molar-refractivity contribution in [2.24, 2.45) is 0 Å². The number of carboxylic acid groups (broad SMARTS) is 1. The van der Waals surface area contributed by atoms with Crippen molar-refractivity contribution in [3.05, 3.63) is 69.6 Å². The number of nitrogens with zero attached hydrogens (tertiary/aromatic N) is 1. The molecule has 5 nitrogen and oxygen atoms in total. The van der Waals surface area contributed by atoms with E-state index in [1.54, 1.807) is 18.2 Å². The Labute approximate surface area is 149 Å². The number of benzene rings is 2. The lowest BCUT2D eigenvalue weighted by Gasteiger charge is -2.16. The molecule has 0 spiro atoms. The summed E-state index contributed by atoms with van der Waals surface area (Å²) in [5.74, 6) is -1.38. The zero-order valence-corrected chi connectivity index (χ0v) is 14.5. The zero-order valence-electron chi connectivity index (χ0n) is 13.6. The van der Waals surface area contributed by atoms with E-state index in [4.69, 9.17) is 5.11 Å². The summed E-state index contributed by atoms with van der Waals surface area (Å²) in [4.78, 5) is 37.4. The van der Waals surface area contributed by atoms with Gasteiger partial charge in [0.05, 0.1) is 16.2 Å². The van der Waals surface area contributed by atoms with Crippen LogP contribution in [0.2, 0.25) is 0 Å². The normalized spacial score (nSPS) is 15.9. The lowest BCUT2D eigenvalue weighted by atomic mass is 10.1. The Balaban J connectivity index is 1.93. The smallest absolute Gasteiger partial charge is 0.335 e. The fraction of sp³-hybridized carbons (Fsp3) is 0.105. The van der Waals surface area contributed by atoms with Gasteiger partial charge in [-0.05, 0) is 66.6 Å². The quantitative estimate of drug-likeness (QED) is 0.835. The molecule has 1 aliphatic heterocycles. The van der Waals surface area contributed by atoms with Gasteiger partial charge in [-0.3, -0.25) is 9.59 Å². The highest BCUT2D eigenvalue weighted by molar-refractivity contribution is 8.19. The third kappa shape index (κ3) is 3.34. The van der Waals surface area contributed by atoms with Gasteiger partial charge in [-0.25, -0.2) is 9.69 Å². The highest BCUT2D eigenvalue weighted by Crippen LogP contribution is 2.37. The summed E-state index contributed by atoms with van der Waals surface area (Å²) in [5, 5.41) is 8.58. The minimum absolute atomic E-state index is 0.167. The molecule has 0 saturated carbocycles. The molecule has 2 aromatic carbocycles. The minimum Gasteiger partial charge on any atom is -0.478 e. The number of carbonyl (C=O) groups excluding carboxylic acids is 2. The highest BCUT2D eigenvalue weighted by Gasteiger charge is 2.37. The van der Waals surface area contributed by atoms with E-state index in [2.05, 4.69) is 0 Å². The summed E-state index contributed by atoms with van der Waals surface area (Å²) in [7, 11) is 0. The van der Waals surface area contributed by atoms with Crippen LogP contribution >= 0.6 is 11.8 Å². The number of thioether (sulfide) groups is 1. The Morgan fingerprint density at radius 2 is 1.76 bits per heavy atom. The number of amides is 2. The van der Waals surface area contributed by atoms with Crippen molar-refractivity contribution in [2.45, 2.75) is 13.8 Å². The third-order valence-corrected chi connectivity index (χ3v) is 4.72. The number of anilines is 1. The second kappa shape index (κ2) is 6.57. The first-order valence-corrected chi connectivity index (χ1v) is 8.37. The Morgan fingerprint density at radius 3 is 2.40 bits per heavy atom. The SMILES string of the molecule is Cc1ccc(C)c(N2C(=O)S/C(=C\c3ccc(C(=O)O)cc3)C2=O)c1. The van der Waals surface area contributed by atoms with Crippen LogP contribution in [0.5, 0.6) is 0 Å². The molecule has 0 aliphatic carbocycles. The molecule has 2 amide bonds. The molecule has 0 radical (unpaired) electrons. The van der Waals surface area contributed by atoms with Gasteiger partial charge < -0.3 is 5.11 Å². The predicted molar refractivity (Wildman–Crippen MR) is 97.8 cm³/mol. The van der Waals surface area contributed by atoms with Crippen molar-refractivity contribution in [3.63, 3.8) is 0 Å². The number of hydrogen-bond acceptors (Lipinski definition) is 4. The number of hydrogen-bond donors (Lipinski definition) is 1. The van der Waals surface area contributed by atoms with E-state index in [9.17, 15) is 14.4 Å². The monoisotopic (exact) mass is 353 g/mol. The molecular weight excluding hydrogens is 338 g/mol. The van der Waals surface area contributed by atoms with Crippen LogP contribution in [-0.2, 0) is 4.79 Å². The molecule has 1 N–H and O–H groups in total. The van der Waals surface area contributed by atoms with Crippen LogP contribution in [-0.4, -0.2) is 22.2 Å². The average Bonchev–Trinajstić information content (AvgIpc) is 2.84. The molecule has 2 aromatic rings. The topological polar surface area (TPSA) is 74.7 Å². The summed E-state index contributed by atoms with van der Waals surface area (Å²) < 4.78 is 0. The van der Waals surface area contributed by atoms with E-state index >= 15 is 0 Å². The molecule has 1 saturated heterocycles. The van der Waals surface area contributed by atoms with Crippen LogP contribution in [0.4, 0.5) is 10.5 Å². The highest BCUT2D eigenvalue weighted by atomic mass is 32.2. The lowest BCUT2D eigenvalue weighted by molar-refractivity contribution is -0.113. The van der Waals surface area contributed by atoms with Gasteiger partial charge in [-0.1, -0.05) is 24.3 Å². The Bertz CT molecular complexity index is 916. The van der Waals surface area contributed by atoms with E-state index in [0.29, 0.717) is 16.2 Å². The van der Waals surface area contributed by atoms with Crippen molar-refractivity contribution in [2.75, 3.05) is 4.90 Å². The van der Waals surface area contributed by atoms with E-state index in [1.165, 1.54) is 17.0 Å². The van der Waals surface area contributed by atoms with E-state index in [0.717, 1.165) is 22.9 Å².